The minimum atomic E-state index is -4.98. The minimum absolute atomic E-state index is 0.0537. The van der Waals surface area contributed by atoms with Gasteiger partial charge in [-0.3, -0.25) is 19.5 Å². The molecule has 0 bridgehead atoms. The zero-order valence-electron chi connectivity index (χ0n) is 21.5. The van der Waals surface area contributed by atoms with E-state index in [0.717, 1.165) is 5.56 Å². The van der Waals surface area contributed by atoms with Crippen molar-refractivity contribution in [1.29, 1.82) is 0 Å². The van der Waals surface area contributed by atoms with Crippen LogP contribution in [0.4, 0.5) is 26.3 Å². The number of nitrogens with one attached hydrogen (secondary N) is 1. The van der Waals surface area contributed by atoms with Crippen molar-refractivity contribution in [3.8, 4) is 0 Å². The Morgan fingerprint density at radius 3 is 2.17 bits per heavy atom. The monoisotopic (exact) mass is 570 g/mol. The molecule has 7 nitrogen and oxygen atoms in total. The number of ether oxygens (including phenoxy) is 1. The normalized spacial score (nSPS) is 24.4. The molecule has 2 aromatic carbocycles. The van der Waals surface area contributed by atoms with Gasteiger partial charge >= 0.3 is 12.4 Å². The van der Waals surface area contributed by atoms with Crippen LogP contribution in [0.5, 0.6) is 0 Å². The first-order valence-corrected chi connectivity index (χ1v) is 12.5. The Bertz CT molecular complexity index is 1240. The van der Waals surface area contributed by atoms with Gasteiger partial charge in [-0.2, -0.15) is 26.3 Å². The SMILES string of the molecule is C[C@@H](OC[C@@]1(c2ccccc2)CC[C@](CC(N)=O)(N2C=NCC2=O)CN1)c1cc(C(F)(F)F)cc(C(F)(F)F)c1. The lowest BCUT2D eigenvalue weighted by molar-refractivity contribution is -0.143. The quantitative estimate of drug-likeness (QED) is 0.455. The number of aliphatic imine (C=N–C) groups is 1. The molecule has 2 aliphatic rings. The predicted octanol–water partition coefficient (Wildman–Crippen LogP) is 4.57. The summed E-state index contributed by atoms with van der Waals surface area (Å²) in [6.45, 7) is 1.32. The molecule has 0 aliphatic carbocycles. The molecule has 0 saturated carbocycles. The number of hydrogen-bond donors (Lipinski definition) is 2. The van der Waals surface area contributed by atoms with Crippen LogP contribution in [0.15, 0.2) is 53.5 Å². The third kappa shape index (κ3) is 6.15. The highest BCUT2D eigenvalue weighted by molar-refractivity contribution is 5.95. The maximum atomic E-state index is 13.4. The Kier molecular flexibility index (Phi) is 8.01. The number of nitrogens with two attached hydrogens (primary N) is 1. The van der Waals surface area contributed by atoms with Crippen LogP contribution >= 0.6 is 0 Å². The van der Waals surface area contributed by atoms with Crippen LogP contribution in [0.3, 0.4) is 0 Å². The van der Waals surface area contributed by atoms with Crippen LogP contribution < -0.4 is 11.1 Å². The van der Waals surface area contributed by atoms with Crippen LogP contribution in [0.1, 0.15) is 54.5 Å². The first kappa shape index (κ1) is 29.5. The second-order valence-electron chi connectivity index (χ2n) is 10.2. The van der Waals surface area contributed by atoms with Crippen LogP contribution in [0.25, 0.3) is 0 Å². The predicted molar refractivity (Wildman–Crippen MR) is 133 cm³/mol. The molecule has 2 aromatic rings. The molecule has 2 heterocycles. The molecule has 0 aromatic heterocycles. The van der Waals surface area contributed by atoms with Gasteiger partial charge in [0.05, 0.1) is 47.7 Å². The van der Waals surface area contributed by atoms with E-state index in [1.54, 1.807) is 18.2 Å². The molecule has 13 heteroatoms. The lowest BCUT2D eigenvalue weighted by atomic mass is 9.74. The maximum Gasteiger partial charge on any atom is 0.416 e. The van der Waals surface area contributed by atoms with Gasteiger partial charge < -0.3 is 15.8 Å². The second kappa shape index (κ2) is 10.8. The lowest BCUT2D eigenvalue weighted by Gasteiger charge is -2.50. The van der Waals surface area contributed by atoms with Crippen molar-refractivity contribution >= 4 is 18.2 Å². The number of piperidine rings is 1. The Hall–Kier alpha value is -3.45. The van der Waals surface area contributed by atoms with E-state index in [1.165, 1.54) is 18.2 Å². The average Bonchev–Trinajstić information content (AvgIpc) is 3.33. The number of carbonyl (C=O) groups excluding carboxylic acids is 2. The number of rotatable bonds is 8. The summed E-state index contributed by atoms with van der Waals surface area (Å²) < 4.78 is 86.3. The molecule has 4 rings (SSSR count). The van der Waals surface area contributed by atoms with E-state index in [2.05, 4.69) is 10.3 Å². The summed E-state index contributed by atoms with van der Waals surface area (Å²) >= 11 is 0. The highest BCUT2D eigenvalue weighted by Crippen LogP contribution is 2.41. The summed E-state index contributed by atoms with van der Waals surface area (Å²) in [6, 6.07) is 10.4. The van der Waals surface area contributed by atoms with E-state index >= 15 is 0 Å². The number of benzene rings is 2. The van der Waals surface area contributed by atoms with Crippen molar-refractivity contribution in [1.82, 2.24) is 10.2 Å². The Balaban J connectivity index is 1.62. The zero-order chi connectivity index (χ0) is 29.3. The van der Waals surface area contributed by atoms with Crippen molar-refractivity contribution in [3.63, 3.8) is 0 Å². The highest BCUT2D eigenvalue weighted by Gasteiger charge is 2.49. The van der Waals surface area contributed by atoms with E-state index < -0.39 is 46.6 Å². The number of alkyl halides is 6. The van der Waals surface area contributed by atoms with Crippen molar-refractivity contribution < 1.29 is 40.7 Å². The first-order valence-electron chi connectivity index (χ1n) is 12.5. The molecule has 2 amide bonds. The Morgan fingerprint density at radius 2 is 1.70 bits per heavy atom. The van der Waals surface area contributed by atoms with E-state index in [-0.39, 0.29) is 43.7 Å². The molecule has 3 N–H and O–H groups in total. The molecule has 216 valence electrons. The molecule has 3 atom stereocenters. The maximum absolute atomic E-state index is 13.4. The summed E-state index contributed by atoms with van der Waals surface area (Å²) in [5, 5.41) is 3.37. The third-order valence-corrected chi connectivity index (χ3v) is 7.47. The number of carbonyl (C=O) groups is 2. The van der Waals surface area contributed by atoms with Gasteiger partial charge in [-0.1, -0.05) is 30.3 Å². The summed E-state index contributed by atoms with van der Waals surface area (Å²) in [5.41, 5.74) is 1.24. The summed E-state index contributed by atoms with van der Waals surface area (Å²) in [5.74, 6) is -0.901. The molecule has 40 heavy (non-hydrogen) atoms. The number of amides is 2. The molecule has 0 radical (unpaired) electrons. The molecule has 0 unspecified atom stereocenters. The zero-order valence-corrected chi connectivity index (χ0v) is 21.5. The molecular weight excluding hydrogens is 542 g/mol. The summed E-state index contributed by atoms with van der Waals surface area (Å²) in [4.78, 5) is 29.9. The van der Waals surface area contributed by atoms with Gasteiger partial charge in [-0.25, -0.2) is 0 Å². The molecule has 0 spiro atoms. The van der Waals surface area contributed by atoms with Crippen LogP contribution in [0.2, 0.25) is 0 Å². The minimum Gasteiger partial charge on any atom is -0.372 e. The molecule has 2 aliphatic heterocycles. The smallest absolute Gasteiger partial charge is 0.372 e. The number of primary amides is 1. The number of nitrogens with zero attached hydrogens (tertiary/aromatic N) is 2. The fourth-order valence-electron chi connectivity index (χ4n) is 5.24. The van der Waals surface area contributed by atoms with Gasteiger partial charge in [-0.15, -0.1) is 0 Å². The van der Waals surface area contributed by atoms with Gasteiger partial charge in [0, 0.05) is 6.54 Å². The Labute approximate surface area is 226 Å². The van der Waals surface area contributed by atoms with E-state index in [0.29, 0.717) is 25.0 Å². The fraction of sp³-hybridized carbons (Fsp3) is 0.444. The average molecular weight is 571 g/mol. The van der Waals surface area contributed by atoms with Gasteiger partial charge in [0.25, 0.3) is 0 Å². The Morgan fingerprint density at radius 1 is 1.07 bits per heavy atom. The van der Waals surface area contributed by atoms with Crippen LogP contribution in [0, 0.1) is 0 Å². The van der Waals surface area contributed by atoms with Crippen LogP contribution in [-0.2, 0) is 32.2 Å². The van der Waals surface area contributed by atoms with Crippen molar-refractivity contribution in [2.75, 3.05) is 19.7 Å². The molecular formula is C27H28F6N4O3. The lowest BCUT2D eigenvalue weighted by Crippen LogP contribution is -2.65. The van der Waals surface area contributed by atoms with Crippen molar-refractivity contribution in [3.05, 3.63) is 70.8 Å². The number of hydrogen-bond acceptors (Lipinski definition) is 5. The van der Waals surface area contributed by atoms with Gasteiger partial charge in [0.2, 0.25) is 11.8 Å². The van der Waals surface area contributed by atoms with Crippen molar-refractivity contribution in [2.24, 2.45) is 10.7 Å². The fourth-order valence-corrected chi connectivity index (χ4v) is 5.24. The second-order valence-corrected chi connectivity index (χ2v) is 10.2. The van der Waals surface area contributed by atoms with Gasteiger partial charge in [-0.05, 0) is 49.1 Å². The topological polar surface area (TPSA) is 97.0 Å². The van der Waals surface area contributed by atoms with E-state index in [9.17, 15) is 35.9 Å². The molecule has 1 fully saturated rings. The standard InChI is InChI=1S/C27H28F6N4O3/c1-17(18-9-20(26(28,29)30)11-21(10-18)27(31,32)33)40-15-25(19-5-3-2-4-6-19)8-7-24(14-36-25,12-22(34)38)37-16-35-13-23(37)39/h2-6,9-11,16-17,36H,7-8,12-15H2,1H3,(H2,34,38)/t17-,24-,25-/m1/s1. The largest absolute Gasteiger partial charge is 0.416 e. The summed E-state index contributed by atoms with van der Waals surface area (Å²) in [6.07, 6.45) is -9.23. The van der Waals surface area contributed by atoms with E-state index in [4.69, 9.17) is 10.5 Å². The third-order valence-electron chi connectivity index (χ3n) is 7.47. The first-order chi connectivity index (χ1) is 18.7. The van der Waals surface area contributed by atoms with E-state index in [1.807, 2.05) is 12.1 Å². The van der Waals surface area contributed by atoms with Crippen molar-refractivity contribution in [2.45, 2.75) is 55.7 Å². The van der Waals surface area contributed by atoms with Gasteiger partial charge in [0.1, 0.15) is 6.54 Å². The number of halogens is 6. The highest BCUT2D eigenvalue weighted by atomic mass is 19.4. The van der Waals surface area contributed by atoms with Crippen LogP contribution in [-0.4, -0.2) is 48.3 Å². The molecule has 1 saturated heterocycles. The van der Waals surface area contributed by atoms with Gasteiger partial charge in [0.15, 0.2) is 0 Å². The summed E-state index contributed by atoms with van der Waals surface area (Å²) in [7, 11) is 0.